The number of aromatic nitrogens is 1. The molecule has 2 aromatic carbocycles. The molecular weight excluding hydrogens is 526 g/mol. The highest BCUT2D eigenvalue weighted by molar-refractivity contribution is 5.81. The van der Waals surface area contributed by atoms with Gasteiger partial charge in [-0.2, -0.15) is 0 Å². The third-order valence-electron chi connectivity index (χ3n) is 8.23. The van der Waals surface area contributed by atoms with Crippen LogP contribution in [0.5, 0.6) is 5.88 Å². The fourth-order valence-corrected chi connectivity index (χ4v) is 5.83. The van der Waals surface area contributed by atoms with Crippen LogP contribution in [-0.4, -0.2) is 55.6 Å². The van der Waals surface area contributed by atoms with Gasteiger partial charge < -0.3 is 26.0 Å². The third kappa shape index (κ3) is 7.06. The van der Waals surface area contributed by atoms with Crippen LogP contribution in [0.1, 0.15) is 47.9 Å². The number of nitrogens with zero attached hydrogens (tertiary/aromatic N) is 1. The van der Waals surface area contributed by atoms with Gasteiger partial charge in [0.15, 0.2) is 0 Å². The number of hydrogen-bond donors (Lipinski definition) is 4. The summed E-state index contributed by atoms with van der Waals surface area (Å²) in [6.45, 7) is 7.20. The maximum atomic E-state index is 11.5. The van der Waals surface area contributed by atoms with E-state index < -0.39 is 0 Å². The molecule has 4 N–H and O–H groups in total. The molecule has 220 valence electrons. The number of amides is 2. The highest BCUT2D eigenvalue weighted by Crippen LogP contribution is 2.35. The second-order valence-corrected chi connectivity index (χ2v) is 11.2. The van der Waals surface area contributed by atoms with Gasteiger partial charge in [0.05, 0.1) is 12.8 Å². The Bertz CT molecular complexity index is 1470. The average molecular weight is 568 g/mol. The Balaban J connectivity index is 1.27. The predicted octanol–water partition coefficient (Wildman–Crippen LogP) is 4.29. The topological polar surface area (TPSA) is 104 Å². The first kappa shape index (κ1) is 29.5. The van der Waals surface area contributed by atoms with Crippen molar-refractivity contribution in [2.45, 2.75) is 58.2 Å². The lowest BCUT2D eigenvalue weighted by molar-refractivity contribution is -0.120. The maximum absolute atomic E-state index is 11.5. The van der Waals surface area contributed by atoms with Crippen molar-refractivity contribution >= 4 is 17.9 Å². The van der Waals surface area contributed by atoms with Gasteiger partial charge in [0.1, 0.15) is 0 Å². The molecule has 0 aliphatic carbocycles. The molecule has 1 aromatic heterocycles. The minimum atomic E-state index is 0.127. The van der Waals surface area contributed by atoms with Crippen molar-refractivity contribution in [3.05, 3.63) is 76.9 Å². The van der Waals surface area contributed by atoms with Crippen LogP contribution in [0.15, 0.2) is 54.6 Å². The Morgan fingerprint density at radius 2 is 1.50 bits per heavy atom. The zero-order valence-electron chi connectivity index (χ0n) is 24.8. The molecule has 8 heteroatoms. The molecule has 2 amide bonds. The smallest absolute Gasteiger partial charge is 0.220 e. The lowest BCUT2D eigenvalue weighted by Crippen LogP contribution is -2.35. The van der Waals surface area contributed by atoms with Gasteiger partial charge >= 0.3 is 0 Å². The number of rotatable bonds is 12. The minimum absolute atomic E-state index is 0.127. The molecule has 0 saturated carbocycles. The molecule has 0 bridgehead atoms. The van der Waals surface area contributed by atoms with Crippen LogP contribution in [0, 0.1) is 13.8 Å². The molecule has 42 heavy (non-hydrogen) atoms. The molecule has 3 aromatic rings. The first-order valence-electron chi connectivity index (χ1n) is 14.8. The largest absolute Gasteiger partial charge is 0.481 e. The molecule has 8 nitrogen and oxygen atoms in total. The minimum Gasteiger partial charge on any atom is -0.481 e. The van der Waals surface area contributed by atoms with Crippen LogP contribution in [0.2, 0.25) is 0 Å². The van der Waals surface area contributed by atoms with Crippen molar-refractivity contribution in [3.63, 3.8) is 0 Å². The number of carbonyl (C=O) groups excluding carboxylic acids is 2. The zero-order valence-corrected chi connectivity index (χ0v) is 24.8. The number of nitrogens with one attached hydrogen (secondary N) is 4. The van der Waals surface area contributed by atoms with E-state index in [-0.39, 0.29) is 23.9 Å². The van der Waals surface area contributed by atoms with E-state index in [9.17, 15) is 9.59 Å². The highest BCUT2D eigenvalue weighted by Gasteiger charge is 2.21. The molecule has 2 aliphatic rings. The van der Waals surface area contributed by atoms with Crippen LogP contribution in [-0.2, 0) is 16.1 Å². The van der Waals surface area contributed by atoms with Crippen LogP contribution in [0.25, 0.3) is 28.5 Å². The number of methoxy groups -OCH3 is 1. The van der Waals surface area contributed by atoms with Crippen molar-refractivity contribution in [1.29, 1.82) is 0 Å². The second kappa shape index (κ2) is 13.8. The van der Waals surface area contributed by atoms with Crippen LogP contribution in [0.3, 0.4) is 0 Å². The standard InChI is InChI=1S/C34H41N5O3/c1-22-24(8-6-18-35-20-26-13-16-32(40)37-26)7-4-9-28(22)29-10-5-11-30(23(29)2)31-15-12-25(34(39-31)42-3)19-36-21-27-14-17-33(41)38-27/h4-12,15,26-27,35-36H,13-14,16-21H2,1-3H3,(H,37,40)(H,38,41)/b8-6+/t26-,27-/m0/s1. The van der Waals surface area contributed by atoms with E-state index in [1.165, 1.54) is 27.8 Å². The van der Waals surface area contributed by atoms with Gasteiger partial charge in [0.25, 0.3) is 0 Å². The zero-order chi connectivity index (χ0) is 29.5. The molecule has 2 aliphatic heterocycles. The lowest BCUT2D eigenvalue weighted by atomic mass is 9.90. The van der Waals surface area contributed by atoms with Crippen molar-refractivity contribution in [2.24, 2.45) is 0 Å². The van der Waals surface area contributed by atoms with E-state index in [1.807, 2.05) is 0 Å². The highest BCUT2D eigenvalue weighted by atomic mass is 16.5. The summed E-state index contributed by atoms with van der Waals surface area (Å²) in [4.78, 5) is 27.7. The number of benzene rings is 2. The molecule has 0 unspecified atom stereocenters. The summed E-state index contributed by atoms with van der Waals surface area (Å²) >= 11 is 0. The van der Waals surface area contributed by atoms with Gasteiger partial charge in [-0.3, -0.25) is 9.59 Å². The van der Waals surface area contributed by atoms with E-state index in [0.717, 1.165) is 49.3 Å². The summed E-state index contributed by atoms with van der Waals surface area (Å²) in [5.41, 5.74) is 8.88. The fraction of sp³-hybridized carbons (Fsp3) is 0.382. The molecule has 0 spiro atoms. The predicted molar refractivity (Wildman–Crippen MR) is 167 cm³/mol. The van der Waals surface area contributed by atoms with Gasteiger partial charge in [0.2, 0.25) is 17.7 Å². The summed E-state index contributed by atoms with van der Waals surface area (Å²) in [5.74, 6) is 0.881. The first-order chi connectivity index (χ1) is 20.4. The van der Waals surface area contributed by atoms with E-state index in [0.29, 0.717) is 25.3 Å². The summed E-state index contributed by atoms with van der Waals surface area (Å²) < 4.78 is 5.67. The van der Waals surface area contributed by atoms with Crippen molar-refractivity contribution in [1.82, 2.24) is 26.3 Å². The molecular formula is C34H41N5O3. The Morgan fingerprint density at radius 3 is 2.17 bits per heavy atom. The summed E-state index contributed by atoms with van der Waals surface area (Å²) in [5, 5.41) is 12.8. The maximum Gasteiger partial charge on any atom is 0.220 e. The van der Waals surface area contributed by atoms with Crippen molar-refractivity contribution in [2.75, 3.05) is 26.7 Å². The van der Waals surface area contributed by atoms with E-state index in [4.69, 9.17) is 9.72 Å². The Hall–Kier alpha value is -4.01. The number of pyridine rings is 1. The van der Waals surface area contributed by atoms with Crippen LogP contribution >= 0.6 is 0 Å². The van der Waals surface area contributed by atoms with E-state index >= 15 is 0 Å². The van der Waals surface area contributed by atoms with Crippen LogP contribution < -0.4 is 26.0 Å². The third-order valence-corrected chi connectivity index (χ3v) is 8.23. The van der Waals surface area contributed by atoms with Gasteiger partial charge in [0, 0.05) is 62.2 Å². The van der Waals surface area contributed by atoms with E-state index in [1.54, 1.807) is 7.11 Å². The lowest BCUT2D eigenvalue weighted by Gasteiger charge is -2.16. The molecule has 3 heterocycles. The van der Waals surface area contributed by atoms with Crippen molar-refractivity contribution < 1.29 is 14.3 Å². The quantitative estimate of drug-likeness (QED) is 0.244. The monoisotopic (exact) mass is 567 g/mol. The first-order valence-corrected chi connectivity index (χ1v) is 14.8. The molecule has 0 radical (unpaired) electrons. The summed E-state index contributed by atoms with van der Waals surface area (Å²) in [7, 11) is 1.65. The fourth-order valence-electron chi connectivity index (χ4n) is 5.83. The van der Waals surface area contributed by atoms with Gasteiger partial charge in [-0.15, -0.1) is 0 Å². The summed E-state index contributed by atoms with van der Waals surface area (Å²) in [6.07, 6.45) is 7.31. The molecule has 5 rings (SSSR count). The molecule has 2 fully saturated rings. The summed E-state index contributed by atoms with van der Waals surface area (Å²) in [6, 6.07) is 17.3. The molecule has 2 atom stereocenters. The van der Waals surface area contributed by atoms with Gasteiger partial charge in [-0.25, -0.2) is 4.98 Å². The van der Waals surface area contributed by atoms with Gasteiger partial charge in [-0.05, 0) is 60.6 Å². The SMILES string of the molecule is COc1nc(-c2cccc(-c3cccc(/C=C/CNC[C@@H]4CCC(=O)N4)c3C)c2C)ccc1CNC[C@@H]1CCC(=O)N1. The number of ether oxygens (including phenoxy) is 1. The number of hydrogen-bond acceptors (Lipinski definition) is 6. The Kier molecular flexibility index (Phi) is 9.66. The Morgan fingerprint density at radius 1 is 0.857 bits per heavy atom. The Labute approximate surface area is 248 Å². The van der Waals surface area contributed by atoms with Crippen molar-refractivity contribution in [3.8, 4) is 28.3 Å². The van der Waals surface area contributed by atoms with Gasteiger partial charge in [-0.1, -0.05) is 54.6 Å². The number of carbonyl (C=O) groups is 2. The van der Waals surface area contributed by atoms with E-state index in [2.05, 4.69) is 95.8 Å². The van der Waals surface area contributed by atoms with Crippen LogP contribution in [0.4, 0.5) is 0 Å². The normalized spacial score (nSPS) is 18.5. The molecule has 2 saturated heterocycles. The second-order valence-electron chi connectivity index (χ2n) is 11.2. The average Bonchev–Trinajstić information content (AvgIpc) is 3.61.